The standard InChI is InChI=1S/C23H16F3N3O2S/c1-13(21(30)28-20-17(25)6-4-7-18(20)26)32-23-27-19-8-3-2-5-16(19)22(31)29(23)15-11-9-14(24)10-12-15/h2-13H,1H3,(H,28,30). The van der Waals surface area contributed by atoms with Crippen LogP contribution in [0.1, 0.15) is 6.92 Å². The maximum Gasteiger partial charge on any atom is 0.266 e. The predicted molar refractivity (Wildman–Crippen MR) is 118 cm³/mol. The first-order chi connectivity index (χ1) is 15.3. The summed E-state index contributed by atoms with van der Waals surface area (Å²) in [7, 11) is 0. The average Bonchev–Trinajstić information content (AvgIpc) is 2.77. The second-order valence-electron chi connectivity index (χ2n) is 6.87. The Morgan fingerprint density at radius 2 is 1.62 bits per heavy atom. The number of hydrogen-bond donors (Lipinski definition) is 1. The SMILES string of the molecule is CC(Sc1nc2ccccc2c(=O)n1-c1ccc(F)cc1)C(=O)Nc1c(F)cccc1F. The number of benzene rings is 3. The summed E-state index contributed by atoms with van der Waals surface area (Å²) in [6.07, 6.45) is 0. The molecule has 5 nitrogen and oxygen atoms in total. The first-order valence-corrected chi connectivity index (χ1v) is 10.4. The first kappa shape index (κ1) is 21.6. The van der Waals surface area contributed by atoms with Crippen LogP contribution in [0.4, 0.5) is 18.9 Å². The lowest BCUT2D eigenvalue weighted by atomic mass is 10.2. The Balaban J connectivity index is 1.73. The molecule has 4 rings (SSSR count). The lowest BCUT2D eigenvalue weighted by Crippen LogP contribution is -2.27. The van der Waals surface area contributed by atoms with E-state index in [9.17, 15) is 22.8 Å². The zero-order chi connectivity index (χ0) is 22.8. The molecule has 1 aromatic heterocycles. The number of thioether (sulfide) groups is 1. The van der Waals surface area contributed by atoms with Gasteiger partial charge in [-0.05, 0) is 55.5 Å². The van der Waals surface area contributed by atoms with E-state index in [1.54, 1.807) is 24.3 Å². The van der Waals surface area contributed by atoms with Crippen LogP contribution in [-0.2, 0) is 4.79 Å². The zero-order valence-electron chi connectivity index (χ0n) is 16.7. The molecule has 0 fully saturated rings. The number of halogens is 3. The summed E-state index contributed by atoms with van der Waals surface area (Å²) in [4.78, 5) is 30.3. The summed E-state index contributed by atoms with van der Waals surface area (Å²) in [5.74, 6) is -2.94. The maximum atomic E-state index is 13.9. The van der Waals surface area contributed by atoms with Crippen molar-refractivity contribution in [2.45, 2.75) is 17.3 Å². The predicted octanol–water partition coefficient (Wildman–Crippen LogP) is 4.92. The minimum absolute atomic E-state index is 0.178. The van der Waals surface area contributed by atoms with Gasteiger partial charge in [0.2, 0.25) is 5.91 Å². The lowest BCUT2D eigenvalue weighted by molar-refractivity contribution is -0.115. The van der Waals surface area contributed by atoms with Gasteiger partial charge < -0.3 is 5.32 Å². The van der Waals surface area contributed by atoms with E-state index in [1.807, 2.05) is 0 Å². The molecule has 4 aromatic rings. The summed E-state index contributed by atoms with van der Waals surface area (Å²) in [5, 5.41) is 1.91. The Hall–Kier alpha value is -3.59. The van der Waals surface area contributed by atoms with Crippen LogP contribution >= 0.6 is 11.8 Å². The maximum absolute atomic E-state index is 13.9. The molecule has 1 heterocycles. The van der Waals surface area contributed by atoms with Gasteiger partial charge in [0.05, 0.1) is 21.8 Å². The van der Waals surface area contributed by atoms with Crippen LogP contribution in [0.2, 0.25) is 0 Å². The normalized spacial score (nSPS) is 12.0. The van der Waals surface area contributed by atoms with Crippen LogP contribution < -0.4 is 10.9 Å². The van der Waals surface area contributed by atoms with Crippen molar-refractivity contribution in [1.29, 1.82) is 0 Å². The fraction of sp³-hybridized carbons (Fsp3) is 0.0870. The molecule has 0 saturated heterocycles. The molecule has 1 N–H and O–H groups in total. The monoisotopic (exact) mass is 455 g/mol. The zero-order valence-corrected chi connectivity index (χ0v) is 17.5. The van der Waals surface area contributed by atoms with Gasteiger partial charge in [-0.1, -0.05) is 30.0 Å². The van der Waals surface area contributed by atoms with E-state index in [0.29, 0.717) is 16.6 Å². The van der Waals surface area contributed by atoms with Crippen LogP contribution in [0.25, 0.3) is 16.6 Å². The van der Waals surface area contributed by atoms with E-state index in [2.05, 4.69) is 10.3 Å². The van der Waals surface area contributed by atoms with Crippen LogP contribution in [0.5, 0.6) is 0 Å². The number of para-hydroxylation sites is 2. The molecule has 32 heavy (non-hydrogen) atoms. The minimum atomic E-state index is -0.900. The van der Waals surface area contributed by atoms with Crippen molar-refractivity contribution >= 4 is 34.3 Å². The van der Waals surface area contributed by atoms with Crippen molar-refractivity contribution < 1.29 is 18.0 Å². The third kappa shape index (κ3) is 4.24. The Bertz CT molecular complexity index is 1350. The van der Waals surface area contributed by atoms with Gasteiger partial charge in [0.15, 0.2) is 5.16 Å². The summed E-state index contributed by atoms with van der Waals surface area (Å²) in [5.41, 5.74) is -0.152. The average molecular weight is 455 g/mol. The third-order valence-electron chi connectivity index (χ3n) is 4.69. The number of aromatic nitrogens is 2. The third-order valence-corrected chi connectivity index (χ3v) is 5.74. The Kier molecular flexibility index (Phi) is 6.00. The van der Waals surface area contributed by atoms with Crippen LogP contribution in [0.15, 0.2) is 76.7 Å². The Labute approximate surface area is 184 Å². The number of anilines is 1. The number of nitrogens with zero attached hydrogens (tertiary/aromatic N) is 2. The lowest BCUT2D eigenvalue weighted by Gasteiger charge is -2.17. The second-order valence-corrected chi connectivity index (χ2v) is 8.18. The Morgan fingerprint density at radius 1 is 0.969 bits per heavy atom. The van der Waals surface area contributed by atoms with E-state index in [-0.39, 0.29) is 5.16 Å². The van der Waals surface area contributed by atoms with Crippen molar-refractivity contribution in [1.82, 2.24) is 9.55 Å². The molecule has 1 atom stereocenters. The van der Waals surface area contributed by atoms with Crippen molar-refractivity contribution in [3.8, 4) is 5.69 Å². The van der Waals surface area contributed by atoms with E-state index >= 15 is 0 Å². The number of carbonyl (C=O) groups is 1. The highest BCUT2D eigenvalue weighted by atomic mass is 32.2. The fourth-order valence-corrected chi connectivity index (χ4v) is 3.99. The van der Waals surface area contributed by atoms with E-state index < -0.39 is 39.9 Å². The van der Waals surface area contributed by atoms with Crippen LogP contribution in [0.3, 0.4) is 0 Å². The van der Waals surface area contributed by atoms with Crippen molar-refractivity contribution in [3.63, 3.8) is 0 Å². The number of amides is 1. The molecule has 3 aromatic carbocycles. The summed E-state index contributed by atoms with van der Waals surface area (Å²) in [6.45, 7) is 1.52. The van der Waals surface area contributed by atoms with E-state index in [4.69, 9.17) is 0 Å². The largest absolute Gasteiger partial charge is 0.320 e. The molecule has 0 radical (unpaired) electrons. The molecule has 162 valence electrons. The van der Waals surface area contributed by atoms with Gasteiger partial charge in [0, 0.05) is 0 Å². The molecule has 0 aliphatic carbocycles. The number of rotatable bonds is 5. The molecule has 0 aliphatic heterocycles. The minimum Gasteiger partial charge on any atom is -0.320 e. The van der Waals surface area contributed by atoms with Gasteiger partial charge in [-0.2, -0.15) is 0 Å². The van der Waals surface area contributed by atoms with Gasteiger partial charge in [-0.25, -0.2) is 18.2 Å². The summed E-state index contributed by atoms with van der Waals surface area (Å²) < 4.78 is 42.5. The molecule has 0 bridgehead atoms. The number of fused-ring (bicyclic) bond motifs is 1. The highest BCUT2D eigenvalue weighted by molar-refractivity contribution is 8.00. The molecule has 9 heteroatoms. The Morgan fingerprint density at radius 3 is 2.31 bits per heavy atom. The molecule has 0 saturated carbocycles. The molecule has 1 amide bonds. The topological polar surface area (TPSA) is 64.0 Å². The molecule has 0 spiro atoms. The van der Waals surface area contributed by atoms with Crippen LogP contribution in [0, 0.1) is 17.5 Å². The summed E-state index contributed by atoms with van der Waals surface area (Å²) in [6, 6.07) is 15.2. The van der Waals surface area contributed by atoms with Gasteiger partial charge in [0.25, 0.3) is 5.56 Å². The van der Waals surface area contributed by atoms with Gasteiger partial charge >= 0.3 is 0 Å². The van der Waals surface area contributed by atoms with Gasteiger partial charge in [-0.3, -0.25) is 14.2 Å². The van der Waals surface area contributed by atoms with E-state index in [0.717, 1.165) is 23.9 Å². The van der Waals surface area contributed by atoms with Gasteiger partial charge in [0.1, 0.15) is 23.1 Å². The van der Waals surface area contributed by atoms with Gasteiger partial charge in [-0.15, -0.1) is 0 Å². The highest BCUT2D eigenvalue weighted by Gasteiger charge is 2.22. The quantitative estimate of drug-likeness (QED) is 0.343. The molecular weight excluding hydrogens is 439 g/mol. The summed E-state index contributed by atoms with van der Waals surface area (Å²) >= 11 is 0.938. The first-order valence-electron chi connectivity index (χ1n) is 9.54. The number of nitrogens with one attached hydrogen (secondary N) is 1. The number of hydrogen-bond acceptors (Lipinski definition) is 4. The van der Waals surface area contributed by atoms with Crippen LogP contribution in [-0.4, -0.2) is 20.7 Å². The van der Waals surface area contributed by atoms with Crippen molar-refractivity contribution in [3.05, 3.63) is 94.5 Å². The fourth-order valence-electron chi connectivity index (χ4n) is 3.06. The highest BCUT2D eigenvalue weighted by Crippen LogP contribution is 2.27. The molecular formula is C23H16F3N3O2S. The van der Waals surface area contributed by atoms with Crippen molar-refractivity contribution in [2.75, 3.05) is 5.32 Å². The smallest absolute Gasteiger partial charge is 0.266 e. The second kappa shape index (κ2) is 8.88. The van der Waals surface area contributed by atoms with Crippen molar-refractivity contribution in [2.24, 2.45) is 0 Å². The van der Waals surface area contributed by atoms with E-state index in [1.165, 1.54) is 41.8 Å². The number of carbonyl (C=O) groups excluding carboxylic acids is 1. The molecule has 0 aliphatic rings. The molecule has 1 unspecified atom stereocenters.